The smallest absolute Gasteiger partial charge is 0.337 e. The topological polar surface area (TPSA) is 147 Å². The van der Waals surface area contributed by atoms with Crippen molar-refractivity contribution in [3.05, 3.63) is 175 Å². The number of carbonyl (C=O) groups excluding carboxylic acids is 1. The van der Waals surface area contributed by atoms with Gasteiger partial charge >= 0.3 is 5.97 Å². The van der Waals surface area contributed by atoms with Gasteiger partial charge in [0, 0.05) is 81.5 Å². The number of nitrogens with one attached hydrogen (secondary N) is 2. The fraction of sp³-hybridized carbons (Fsp3) is 0.0204. The number of aromatic amines is 2. The summed E-state index contributed by atoms with van der Waals surface area (Å²) in [6, 6.07) is 35.1. The van der Waals surface area contributed by atoms with Crippen molar-refractivity contribution in [2.24, 2.45) is 10.2 Å². The van der Waals surface area contributed by atoms with E-state index in [-0.39, 0.29) is 0 Å². The van der Waals surface area contributed by atoms with Crippen LogP contribution in [0.4, 0.5) is 11.4 Å². The first-order valence-electron chi connectivity index (χ1n) is 19.2. The Morgan fingerprint density at radius 1 is 0.433 bits per heavy atom. The highest BCUT2D eigenvalue weighted by molar-refractivity contribution is 5.99. The van der Waals surface area contributed by atoms with E-state index in [0.717, 1.165) is 89.4 Å². The average molecular weight is 780 g/mol. The molecule has 0 radical (unpaired) electrons. The molecule has 2 aliphatic rings. The Balaban J connectivity index is 1.22. The lowest BCUT2D eigenvalue weighted by molar-refractivity contribution is 0.0600. The number of rotatable bonds is 7. The van der Waals surface area contributed by atoms with Crippen LogP contribution in [-0.2, 0) is 4.74 Å². The van der Waals surface area contributed by atoms with E-state index in [1.165, 1.54) is 7.11 Å². The maximum absolute atomic E-state index is 11.9. The molecule has 0 saturated heterocycles. The summed E-state index contributed by atoms with van der Waals surface area (Å²) in [5.74, 6) is -0.404. The second kappa shape index (κ2) is 15.5. The Morgan fingerprint density at radius 2 is 0.750 bits per heavy atom. The van der Waals surface area contributed by atoms with E-state index >= 15 is 0 Å². The van der Waals surface area contributed by atoms with E-state index in [1.54, 1.807) is 61.4 Å². The number of H-pyrrole nitrogens is 2. The van der Waals surface area contributed by atoms with Gasteiger partial charge in [-0.1, -0.05) is 12.1 Å². The van der Waals surface area contributed by atoms with Gasteiger partial charge in [-0.05, 0) is 144 Å². The number of esters is 1. The maximum Gasteiger partial charge on any atom is 0.337 e. The number of aromatic nitrogens is 7. The van der Waals surface area contributed by atoms with Crippen LogP contribution in [0, 0.1) is 0 Å². The predicted octanol–water partition coefficient (Wildman–Crippen LogP) is 11.7. The number of fused-ring (bicyclic) bond motifs is 8. The Kier molecular flexibility index (Phi) is 9.27. The van der Waals surface area contributed by atoms with Crippen LogP contribution in [0.5, 0.6) is 0 Å². The molecule has 8 heterocycles. The zero-order chi connectivity index (χ0) is 40.4. The quantitative estimate of drug-likeness (QED) is 0.121. The van der Waals surface area contributed by atoms with Crippen LogP contribution in [0.2, 0.25) is 0 Å². The monoisotopic (exact) mass is 779 g/mol. The van der Waals surface area contributed by atoms with Crippen LogP contribution in [0.3, 0.4) is 0 Å². The van der Waals surface area contributed by atoms with Crippen LogP contribution in [0.1, 0.15) is 33.1 Å². The van der Waals surface area contributed by atoms with Gasteiger partial charge in [-0.15, -0.1) is 0 Å². The first-order chi connectivity index (χ1) is 29.6. The highest BCUT2D eigenvalue weighted by atomic mass is 16.5. The molecule has 286 valence electrons. The molecule has 8 bridgehead atoms. The summed E-state index contributed by atoms with van der Waals surface area (Å²) in [5, 5.41) is 8.87. The van der Waals surface area contributed by atoms with Crippen LogP contribution in [0.15, 0.2) is 157 Å². The SMILES string of the molecule is COC(=O)c1ccc(N=Nc2ccc(-c3c4nc(c(-c5ccncc5)c5ccc([nH]5)c(-c5ccncc5)c5nc(c(-c6ccncc6)c6ccc3[nH]6)C=C5)C=C4)cc2)cc1. The highest BCUT2D eigenvalue weighted by Gasteiger charge is 2.19. The number of hydrogen-bond acceptors (Lipinski definition) is 9. The van der Waals surface area contributed by atoms with Crippen LogP contribution in [0.25, 0.3) is 90.9 Å². The van der Waals surface area contributed by atoms with Crippen molar-refractivity contribution in [3.8, 4) is 44.5 Å². The number of carbonyl (C=O) groups is 1. The molecule has 11 heteroatoms. The number of benzene rings is 2. The predicted molar refractivity (Wildman–Crippen MR) is 236 cm³/mol. The Hall–Kier alpha value is -8.44. The van der Waals surface area contributed by atoms with Crippen molar-refractivity contribution >= 4 is 63.7 Å². The molecule has 10 rings (SSSR count). The standard InChI is InChI=1S/C49H33N9O2/c1-60-49(59)34-4-8-36(9-5-34)58-57-35-6-2-30(3-7-35)45-37-10-12-39(53-37)46(31-18-24-50-25-19-31)41-14-16-43(55-41)48(33-22-28-52-29-23-33)44-17-15-42(56-44)47(32-20-26-51-27-21-32)40-13-11-38(45)54-40/h2-29,53,56H,1H3. The minimum Gasteiger partial charge on any atom is -0.465 e. The second-order valence-corrected chi connectivity index (χ2v) is 14.0. The molecule has 2 aliphatic heterocycles. The number of hydrogen-bond donors (Lipinski definition) is 2. The molecule has 0 amide bonds. The molecule has 0 fully saturated rings. The van der Waals surface area contributed by atoms with Gasteiger partial charge in [0.25, 0.3) is 0 Å². The number of azo groups is 1. The van der Waals surface area contributed by atoms with Gasteiger partial charge in [-0.3, -0.25) is 15.0 Å². The Morgan fingerprint density at radius 3 is 1.08 bits per heavy atom. The molecule has 0 unspecified atom stereocenters. The van der Waals surface area contributed by atoms with Crippen molar-refractivity contribution in [2.75, 3.05) is 7.11 Å². The van der Waals surface area contributed by atoms with E-state index in [9.17, 15) is 4.79 Å². The molecule has 2 N–H and O–H groups in total. The minimum atomic E-state index is -0.404. The average Bonchev–Trinajstić information content (AvgIpc) is 4.16. The minimum absolute atomic E-state index is 0.404. The first kappa shape index (κ1) is 35.9. The van der Waals surface area contributed by atoms with Crippen molar-refractivity contribution in [2.45, 2.75) is 0 Å². The van der Waals surface area contributed by atoms with Crippen LogP contribution < -0.4 is 0 Å². The zero-order valence-electron chi connectivity index (χ0n) is 32.1. The van der Waals surface area contributed by atoms with E-state index in [1.807, 2.05) is 60.7 Å². The number of pyridine rings is 3. The van der Waals surface area contributed by atoms with E-state index in [0.29, 0.717) is 16.9 Å². The van der Waals surface area contributed by atoms with Gasteiger partial charge in [-0.2, -0.15) is 10.2 Å². The summed E-state index contributed by atoms with van der Waals surface area (Å²) >= 11 is 0. The molecule has 8 aromatic rings. The van der Waals surface area contributed by atoms with Crippen molar-refractivity contribution < 1.29 is 9.53 Å². The largest absolute Gasteiger partial charge is 0.465 e. The van der Waals surface area contributed by atoms with Crippen molar-refractivity contribution in [1.29, 1.82) is 0 Å². The van der Waals surface area contributed by atoms with Crippen molar-refractivity contribution in [3.63, 3.8) is 0 Å². The summed E-state index contributed by atoms with van der Waals surface area (Å²) < 4.78 is 4.81. The zero-order valence-corrected chi connectivity index (χ0v) is 32.1. The van der Waals surface area contributed by atoms with Gasteiger partial charge in [0.15, 0.2) is 0 Å². The summed E-state index contributed by atoms with van der Waals surface area (Å²) in [7, 11) is 1.35. The number of ether oxygens (including phenoxy) is 1. The summed E-state index contributed by atoms with van der Waals surface area (Å²) in [5.41, 5.74) is 16.1. The van der Waals surface area contributed by atoms with Crippen LogP contribution in [-0.4, -0.2) is 48.0 Å². The van der Waals surface area contributed by atoms with Crippen LogP contribution >= 0.6 is 0 Å². The summed E-state index contributed by atoms with van der Waals surface area (Å²) in [6.07, 6.45) is 19.0. The molecular formula is C49H33N9O2. The fourth-order valence-corrected chi connectivity index (χ4v) is 7.57. The highest BCUT2D eigenvalue weighted by Crippen LogP contribution is 2.38. The van der Waals surface area contributed by atoms with Gasteiger partial charge < -0.3 is 14.7 Å². The van der Waals surface area contributed by atoms with Gasteiger partial charge in [0.2, 0.25) is 0 Å². The number of nitrogens with zero attached hydrogens (tertiary/aromatic N) is 7. The molecular weight excluding hydrogens is 747 g/mol. The number of methoxy groups -OCH3 is 1. The molecule has 2 aromatic carbocycles. The third-order valence-corrected chi connectivity index (χ3v) is 10.4. The molecule has 0 spiro atoms. The van der Waals surface area contributed by atoms with E-state index in [2.05, 4.69) is 83.7 Å². The second-order valence-electron chi connectivity index (χ2n) is 14.0. The lowest BCUT2D eigenvalue weighted by Gasteiger charge is -2.07. The van der Waals surface area contributed by atoms with Gasteiger partial charge in [-0.25, -0.2) is 14.8 Å². The maximum atomic E-state index is 11.9. The third kappa shape index (κ3) is 6.86. The van der Waals surface area contributed by atoms with E-state index in [4.69, 9.17) is 14.7 Å². The van der Waals surface area contributed by atoms with Gasteiger partial charge in [0.05, 0.1) is 46.8 Å². The summed E-state index contributed by atoms with van der Waals surface area (Å²) in [4.78, 5) is 43.0. The molecule has 6 aromatic heterocycles. The molecule has 60 heavy (non-hydrogen) atoms. The Bertz CT molecular complexity index is 3140. The van der Waals surface area contributed by atoms with Gasteiger partial charge in [0.1, 0.15) is 0 Å². The normalized spacial score (nSPS) is 11.9. The summed E-state index contributed by atoms with van der Waals surface area (Å²) in [6.45, 7) is 0. The Labute approximate surface area is 343 Å². The molecule has 0 aliphatic carbocycles. The fourth-order valence-electron chi connectivity index (χ4n) is 7.57. The molecule has 0 saturated carbocycles. The molecule has 0 atom stereocenters. The third-order valence-electron chi connectivity index (χ3n) is 10.4. The first-order valence-corrected chi connectivity index (χ1v) is 19.2. The van der Waals surface area contributed by atoms with Crippen molar-refractivity contribution in [1.82, 2.24) is 34.9 Å². The lowest BCUT2D eigenvalue weighted by atomic mass is 10.0. The lowest BCUT2D eigenvalue weighted by Crippen LogP contribution is -1.99. The van der Waals surface area contributed by atoms with E-state index < -0.39 is 5.97 Å². The molecule has 11 nitrogen and oxygen atoms in total.